The minimum absolute atomic E-state index is 0. The van der Waals surface area contributed by atoms with E-state index in [2.05, 4.69) is 24.1 Å². The molecule has 1 aliphatic rings. The van der Waals surface area contributed by atoms with Crippen molar-refractivity contribution in [2.75, 3.05) is 20.1 Å². The van der Waals surface area contributed by atoms with Crippen LogP contribution < -0.4 is 0 Å². The van der Waals surface area contributed by atoms with Crippen molar-refractivity contribution in [2.24, 2.45) is 4.99 Å². The van der Waals surface area contributed by atoms with Crippen molar-refractivity contribution < 1.29 is 4.79 Å². The SMILES string of the molecule is CCCCCCCCC=CCCCCCCCC(=O)C1=NCCN1C.Cl. The van der Waals surface area contributed by atoms with Gasteiger partial charge in [0.15, 0.2) is 11.6 Å². The van der Waals surface area contributed by atoms with E-state index in [1.165, 1.54) is 77.0 Å². The van der Waals surface area contributed by atoms with Crippen LogP contribution in [0, 0.1) is 0 Å². The first kappa shape index (κ1) is 25.2. The van der Waals surface area contributed by atoms with E-state index >= 15 is 0 Å². The molecule has 0 saturated carbocycles. The highest BCUT2D eigenvalue weighted by molar-refractivity contribution is 6.39. The van der Waals surface area contributed by atoms with Crippen LogP contribution in [0.5, 0.6) is 0 Å². The lowest BCUT2D eigenvalue weighted by Crippen LogP contribution is -2.29. The van der Waals surface area contributed by atoms with Crippen LogP contribution in [0.1, 0.15) is 96.8 Å². The zero-order chi connectivity index (χ0) is 18.2. The largest absolute Gasteiger partial charge is 0.355 e. The van der Waals surface area contributed by atoms with Gasteiger partial charge in [-0.25, -0.2) is 0 Å². The smallest absolute Gasteiger partial charge is 0.197 e. The predicted octanol–water partition coefficient (Wildman–Crippen LogP) is 6.36. The second-order valence-corrected chi connectivity index (χ2v) is 7.38. The molecule has 1 aliphatic heterocycles. The van der Waals surface area contributed by atoms with E-state index in [1.807, 2.05) is 11.9 Å². The Morgan fingerprint density at radius 3 is 2.00 bits per heavy atom. The zero-order valence-electron chi connectivity index (χ0n) is 17.2. The molecule has 0 fully saturated rings. The first-order valence-corrected chi connectivity index (χ1v) is 10.7. The number of amidine groups is 1. The van der Waals surface area contributed by atoms with Gasteiger partial charge in [0, 0.05) is 20.0 Å². The van der Waals surface area contributed by atoms with Crippen LogP contribution in [0.25, 0.3) is 0 Å². The molecule has 0 radical (unpaired) electrons. The van der Waals surface area contributed by atoms with Gasteiger partial charge in [0.2, 0.25) is 0 Å². The Bertz CT molecular complexity index is 407. The summed E-state index contributed by atoms with van der Waals surface area (Å²) in [6.45, 7) is 3.95. The molecule has 0 bridgehead atoms. The van der Waals surface area contributed by atoms with E-state index in [0.717, 1.165) is 19.5 Å². The molecular formula is C22H41ClN2O. The van der Waals surface area contributed by atoms with Crippen LogP contribution in [0.15, 0.2) is 17.1 Å². The third-order valence-corrected chi connectivity index (χ3v) is 4.97. The third kappa shape index (κ3) is 12.5. The minimum Gasteiger partial charge on any atom is -0.355 e. The highest BCUT2D eigenvalue weighted by atomic mass is 35.5. The van der Waals surface area contributed by atoms with Crippen LogP contribution in [0.3, 0.4) is 0 Å². The van der Waals surface area contributed by atoms with Crippen molar-refractivity contribution >= 4 is 24.0 Å². The Hall–Kier alpha value is -0.830. The number of ketones is 1. The van der Waals surface area contributed by atoms with Crippen molar-refractivity contribution in [3.05, 3.63) is 12.2 Å². The second kappa shape index (κ2) is 17.6. The third-order valence-electron chi connectivity index (χ3n) is 4.97. The van der Waals surface area contributed by atoms with Crippen molar-refractivity contribution in [1.82, 2.24) is 4.90 Å². The number of allylic oxidation sites excluding steroid dienone is 2. The van der Waals surface area contributed by atoms with Crippen LogP contribution in [0.2, 0.25) is 0 Å². The number of rotatable bonds is 16. The Morgan fingerprint density at radius 1 is 0.923 bits per heavy atom. The minimum atomic E-state index is 0. The monoisotopic (exact) mass is 384 g/mol. The number of aliphatic imine (C=N–C) groups is 1. The maximum Gasteiger partial charge on any atom is 0.197 e. The molecule has 0 spiro atoms. The molecule has 0 aromatic carbocycles. The van der Waals surface area contributed by atoms with Gasteiger partial charge in [-0.15, -0.1) is 12.4 Å². The Morgan fingerprint density at radius 2 is 1.46 bits per heavy atom. The van der Waals surface area contributed by atoms with Gasteiger partial charge >= 0.3 is 0 Å². The number of carbonyl (C=O) groups is 1. The summed E-state index contributed by atoms with van der Waals surface area (Å²) < 4.78 is 0. The lowest BCUT2D eigenvalue weighted by molar-refractivity contribution is -0.113. The van der Waals surface area contributed by atoms with E-state index in [4.69, 9.17) is 0 Å². The van der Waals surface area contributed by atoms with E-state index in [9.17, 15) is 4.79 Å². The molecule has 0 atom stereocenters. The predicted molar refractivity (Wildman–Crippen MR) is 117 cm³/mol. The fourth-order valence-corrected chi connectivity index (χ4v) is 3.30. The Kier molecular flexibility index (Phi) is 17.0. The van der Waals surface area contributed by atoms with Crippen LogP contribution in [-0.4, -0.2) is 36.7 Å². The average molecular weight is 385 g/mol. The number of hydrogen-bond donors (Lipinski definition) is 0. The van der Waals surface area contributed by atoms with Gasteiger partial charge in [-0.3, -0.25) is 9.79 Å². The summed E-state index contributed by atoms with van der Waals surface area (Å²) in [6, 6.07) is 0. The van der Waals surface area contributed by atoms with E-state index < -0.39 is 0 Å². The van der Waals surface area contributed by atoms with Crippen molar-refractivity contribution in [3.8, 4) is 0 Å². The van der Waals surface area contributed by atoms with Gasteiger partial charge in [-0.2, -0.15) is 0 Å². The summed E-state index contributed by atoms with van der Waals surface area (Å²) in [5, 5.41) is 0. The summed E-state index contributed by atoms with van der Waals surface area (Å²) in [6.07, 6.45) is 22.2. The van der Waals surface area contributed by atoms with Gasteiger partial charge < -0.3 is 4.90 Å². The van der Waals surface area contributed by atoms with Crippen LogP contribution in [-0.2, 0) is 4.79 Å². The molecule has 0 amide bonds. The van der Waals surface area contributed by atoms with Gasteiger partial charge in [0.1, 0.15) is 0 Å². The number of unbranched alkanes of at least 4 members (excludes halogenated alkanes) is 11. The number of likely N-dealkylation sites (N-methyl/N-ethyl adjacent to an activating group) is 1. The molecule has 0 aromatic rings. The van der Waals surface area contributed by atoms with Crippen molar-refractivity contribution in [1.29, 1.82) is 0 Å². The van der Waals surface area contributed by atoms with Crippen LogP contribution in [0.4, 0.5) is 0 Å². The number of halogens is 1. The first-order chi connectivity index (χ1) is 12.3. The molecule has 3 nitrogen and oxygen atoms in total. The number of nitrogens with zero attached hydrogens (tertiary/aromatic N) is 2. The highest BCUT2D eigenvalue weighted by Gasteiger charge is 2.19. The van der Waals surface area contributed by atoms with Crippen molar-refractivity contribution in [2.45, 2.75) is 96.8 Å². The maximum absolute atomic E-state index is 12.0. The summed E-state index contributed by atoms with van der Waals surface area (Å²) in [4.78, 5) is 18.3. The fourth-order valence-electron chi connectivity index (χ4n) is 3.30. The molecule has 0 aromatic heterocycles. The standard InChI is InChI=1S/C22H40N2O.ClH/c1-3-4-5-6-7-8-9-10-11-12-13-14-15-16-17-18-21(25)22-23-19-20-24(22)2;/h10-11H,3-9,12-20H2,1-2H3;1H. The molecule has 0 unspecified atom stereocenters. The van der Waals surface area contributed by atoms with E-state index in [0.29, 0.717) is 12.3 Å². The van der Waals surface area contributed by atoms with Gasteiger partial charge in [0.05, 0.1) is 6.54 Å². The lowest BCUT2D eigenvalue weighted by Gasteiger charge is -2.11. The average Bonchev–Trinajstić information content (AvgIpc) is 3.04. The molecular weight excluding hydrogens is 344 g/mol. The van der Waals surface area contributed by atoms with E-state index in [1.54, 1.807) is 0 Å². The first-order valence-electron chi connectivity index (χ1n) is 10.7. The highest BCUT2D eigenvalue weighted by Crippen LogP contribution is 2.11. The number of carbonyl (C=O) groups excluding carboxylic acids is 1. The molecule has 1 rings (SSSR count). The molecule has 152 valence electrons. The second-order valence-electron chi connectivity index (χ2n) is 7.38. The molecule has 0 saturated heterocycles. The number of Topliss-reactive ketones (excluding diaryl/α,β-unsaturated/α-hetero) is 1. The summed E-state index contributed by atoms with van der Waals surface area (Å²) in [5.41, 5.74) is 0. The molecule has 0 N–H and O–H groups in total. The topological polar surface area (TPSA) is 32.7 Å². The van der Waals surface area contributed by atoms with Gasteiger partial charge in [-0.05, 0) is 32.1 Å². The fraction of sp³-hybridized carbons (Fsp3) is 0.818. The summed E-state index contributed by atoms with van der Waals surface area (Å²) >= 11 is 0. The Balaban J connectivity index is 0.00000625. The quantitative estimate of drug-likeness (QED) is 0.229. The molecule has 0 aliphatic carbocycles. The molecule has 1 heterocycles. The van der Waals surface area contributed by atoms with Crippen molar-refractivity contribution in [3.63, 3.8) is 0 Å². The van der Waals surface area contributed by atoms with E-state index in [-0.39, 0.29) is 18.2 Å². The zero-order valence-corrected chi connectivity index (χ0v) is 18.0. The van der Waals surface area contributed by atoms with Gasteiger partial charge in [0.25, 0.3) is 0 Å². The Labute approximate surface area is 168 Å². The summed E-state index contributed by atoms with van der Waals surface area (Å²) in [7, 11) is 1.96. The summed E-state index contributed by atoms with van der Waals surface area (Å²) in [5.74, 6) is 0.938. The molecule has 26 heavy (non-hydrogen) atoms. The molecule has 4 heteroatoms. The maximum atomic E-state index is 12.0. The van der Waals surface area contributed by atoms with Gasteiger partial charge in [-0.1, -0.05) is 70.4 Å². The van der Waals surface area contributed by atoms with Crippen LogP contribution >= 0.6 is 12.4 Å². The number of hydrogen-bond acceptors (Lipinski definition) is 3. The lowest BCUT2D eigenvalue weighted by atomic mass is 10.1. The normalized spacial score (nSPS) is 13.9.